The summed E-state index contributed by atoms with van der Waals surface area (Å²) in [6, 6.07) is 7.17. The molecule has 1 radical (unpaired) electrons. The minimum Gasteiger partial charge on any atom is -0.434 e. The molecule has 3 heteroatoms. The monoisotopic (exact) mass is 179 g/mol. The van der Waals surface area contributed by atoms with Crippen LogP contribution in [0.1, 0.15) is 5.56 Å². The van der Waals surface area contributed by atoms with Crippen molar-refractivity contribution in [2.75, 3.05) is 6.61 Å². The van der Waals surface area contributed by atoms with E-state index < -0.39 is 6.16 Å². The van der Waals surface area contributed by atoms with Crippen molar-refractivity contribution in [1.82, 2.24) is 0 Å². The molecule has 0 aliphatic heterocycles. The highest BCUT2D eigenvalue weighted by molar-refractivity contribution is 5.63. The quantitative estimate of drug-likeness (QED) is 0.516. The number of benzene rings is 1. The Labute approximate surface area is 77.3 Å². The summed E-state index contributed by atoms with van der Waals surface area (Å²) in [7, 11) is 0. The molecule has 0 saturated carbocycles. The molecule has 0 unspecified atom stereocenters. The minimum atomic E-state index is -0.722. The molecule has 0 saturated heterocycles. The summed E-state index contributed by atoms with van der Waals surface area (Å²) in [6.45, 7) is 5.35. The molecule has 69 valence electrons. The van der Waals surface area contributed by atoms with Crippen LogP contribution in [0, 0.1) is 13.8 Å². The molecule has 0 fully saturated rings. The summed E-state index contributed by atoms with van der Waals surface area (Å²) in [5, 5.41) is 0. The molecule has 1 aromatic rings. The second-order valence-corrected chi connectivity index (χ2v) is 2.52. The molecule has 0 heterocycles. The van der Waals surface area contributed by atoms with Crippen molar-refractivity contribution < 1.29 is 14.3 Å². The Morgan fingerprint density at radius 1 is 1.54 bits per heavy atom. The maximum Gasteiger partial charge on any atom is 0.513 e. The first kappa shape index (κ1) is 9.58. The first-order chi connectivity index (χ1) is 6.22. The van der Waals surface area contributed by atoms with Crippen molar-refractivity contribution >= 4 is 6.16 Å². The first-order valence-electron chi connectivity index (χ1n) is 3.93. The van der Waals surface area contributed by atoms with Crippen molar-refractivity contribution in [3.63, 3.8) is 0 Å². The summed E-state index contributed by atoms with van der Waals surface area (Å²) in [5.41, 5.74) is 1.03. The van der Waals surface area contributed by atoms with E-state index in [-0.39, 0.29) is 6.61 Å². The third kappa shape index (κ3) is 3.15. The number of ether oxygens (including phenoxy) is 2. The predicted molar refractivity (Wildman–Crippen MR) is 48.5 cm³/mol. The second-order valence-electron chi connectivity index (χ2n) is 2.52. The molecular weight excluding hydrogens is 168 g/mol. The van der Waals surface area contributed by atoms with Crippen LogP contribution in [0.15, 0.2) is 24.3 Å². The van der Waals surface area contributed by atoms with Gasteiger partial charge < -0.3 is 9.47 Å². The zero-order valence-corrected chi connectivity index (χ0v) is 7.45. The Balaban J connectivity index is 2.58. The summed E-state index contributed by atoms with van der Waals surface area (Å²) in [4.78, 5) is 10.8. The molecule has 0 aliphatic carbocycles. The number of carbonyl (C=O) groups is 1. The van der Waals surface area contributed by atoms with E-state index in [4.69, 9.17) is 4.74 Å². The number of carbonyl (C=O) groups excluding carboxylic acids is 1. The van der Waals surface area contributed by atoms with E-state index in [1.165, 1.54) is 0 Å². The van der Waals surface area contributed by atoms with E-state index >= 15 is 0 Å². The van der Waals surface area contributed by atoms with Gasteiger partial charge in [-0.3, -0.25) is 0 Å². The van der Waals surface area contributed by atoms with Gasteiger partial charge >= 0.3 is 6.16 Å². The van der Waals surface area contributed by atoms with E-state index in [0.717, 1.165) is 5.56 Å². The molecule has 0 aliphatic rings. The van der Waals surface area contributed by atoms with E-state index in [1.807, 2.05) is 19.1 Å². The first-order valence-corrected chi connectivity index (χ1v) is 3.93. The van der Waals surface area contributed by atoms with Crippen LogP contribution in [0.25, 0.3) is 0 Å². The Bertz CT molecular complexity index is 294. The Kier molecular flexibility index (Phi) is 3.31. The van der Waals surface area contributed by atoms with E-state index in [1.54, 1.807) is 12.1 Å². The van der Waals surface area contributed by atoms with Gasteiger partial charge in [0, 0.05) is 0 Å². The van der Waals surface area contributed by atoms with Gasteiger partial charge in [-0.15, -0.1) is 0 Å². The Morgan fingerprint density at radius 2 is 2.31 bits per heavy atom. The van der Waals surface area contributed by atoms with Gasteiger partial charge in [-0.1, -0.05) is 12.1 Å². The molecule has 3 nitrogen and oxygen atoms in total. The predicted octanol–water partition coefficient (Wildman–Crippen LogP) is 2.34. The second kappa shape index (κ2) is 4.50. The minimum absolute atomic E-state index is 0.0741. The molecule has 1 aromatic carbocycles. The van der Waals surface area contributed by atoms with Gasteiger partial charge in [-0.25, -0.2) is 4.79 Å². The fraction of sp³-hybridized carbons (Fsp3) is 0.200. The van der Waals surface area contributed by atoms with Gasteiger partial charge in [0.2, 0.25) is 0 Å². The van der Waals surface area contributed by atoms with Crippen LogP contribution in [0.2, 0.25) is 0 Å². The lowest BCUT2D eigenvalue weighted by molar-refractivity contribution is 0.109. The van der Waals surface area contributed by atoms with Crippen LogP contribution >= 0.6 is 0 Å². The van der Waals surface area contributed by atoms with Gasteiger partial charge in [0.1, 0.15) is 5.75 Å². The lowest BCUT2D eigenvalue weighted by atomic mass is 10.2. The Morgan fingerprint density at radius 3 is 2.92 bits per heavy atom. The molecule has 0 aromatic heterocycles. The van der Waals surface area contributed by atoms with Crippen molar-refractivity contribution in [2.24, 2.45) is 0 Å². The van der Waals surface area contributed by atoms with Gasteiger partial charge in [0.05, 0.1) is 6.61 Å². The highest BCUT2D eigenvalue weighted by Gasteiger charge is 2.03. The van der Waals surface area contributed by atoms with Crippen LogP contribution < -0.4 is 4.74 Å². The fourth-order valence-corrected chi connectivity index (χ4v) is 0.888. The van der Waals surface area contributed by atoms with Crippen molar-refractivity contribution in [3.8, 4) is 5.75 Å². The molecule has 0 atom stereocenters. The average Bonchev–Trinajstić information content (AvgIpc) is 2.04. The van der Waals surface area contributed by atoms with Gasteiger partial charge in [-0.2, -0.15) is 0 Å². The van der Waals surface area contributed by atoms with E-state index in [0.29, 0.717) is 5.75 Å². The largest absolute Gasteiger partial charge is 0.513 e. The van der Waals surface area contributed by atoms with Crippen LogP contribution in [0.4, 0.5) is 4.79 Å². The van der Waals surface area contributed by atoms with Crippen molar-refractivity contribution in [1.29, 1.82) is 0 Å². The lowest BCUT2D eigenvalue weighted by Gasteiger charge is -2.03. The van der Waals surface area contributed by atoms with Crippen molar-refractivity contribution in [3.05, 3.63) is 36.8 Å². The maximum absolute atomic E-state index is 10.8. The third-order valence-electron chi connectivity index (χ3n) is 1.41. The normalized spacial score (nSPS) is 9.38. The highest BCUT2D eigenvalue weighted by Crippen LogP contribution is 2.12. The van der Waals surface area contributed by atoms with E-state index in [9.17, 15) is 4.79 Å². The van der Waals surface area contributed by atoms with Crippen LogP contribution in [-0.4, -0.2) is 12.8 Å². The van der Waals surface area contributed by atoms with Crippen LogP contribution in [0.5, 0.6) is 5.75 Å². The molecule has 0 N–H and O–H groups in total. The molecule has 13 heavy (non-hydrogen) atoms. The van der Waals surface area contributed by atoms with Crippen molar-refractivity contribution in [2.45, 2.75) is 6.92 Å². The zero-order valence-electron chi connectivity index (χ0n) is 7.45. The van der Waals surface area contributed by atoms with Crippen LogP contribution in [-0.2, 0) is 4.74 Å². The number of hydrogen-bond acceptors (Lipinski definition) is 3. The third-order valence-corrected chi connectivity index (χ3v) is 1.41. The summed E-state index contributed by atoms with van der Waals surface area (Å²) in [5.74, 6) is 0.485. The van der Waals surface area contributed by atoms with Crippen LogP contribution in [0.3, 0.4) is 0 Å². The lowest BCUT2D eigenvalue weighted by Crippen LogP contribution is -2.09. The highest BCUT2D eigenvalue weighted by atomic mass is 16.7. The number of hydrogen-bond donors (Lipinski definition) is 0. The molecule has 0 amide bonds. The smallest absolute Gasteiger partial charge is 0.434 e. The zero-order chi connectivity index (χ0) is 9.68. The SMILES string of the molecule is [CH2]COC(=O)Oc1cccc(C)c1. The van der Waals surface area contributed by atoms with Gasteiger partial charge in [0.25, 0.3) is 0 Å². The number of rotatable bonds is 2. The maximum atomic E-state index is 10.8. The Hall–Kier alpha value is -1.51. The average molecular weight is 179 g/mol. The standard InChI is InChI=1S/C10H11O3/c1-3-12-10(11)13-9-6-4-5-8(2)7-9/h4-7H,1,3H2,2H3. The molecule has 1 rings (SSSR count). The summed E-state index contributed by atoms with van der Waals surface area (Å²) < 4.78 is 9.35. The van der Waals surface area contributed by atoms with Gasteiger partial charge in [0.15, 0.2) is 0 Å². The molecule has 0 bridgehead atoms. The topological polar surface area (TPSA) is 35.5 Å². The molecular formula is C10H11O3. The van der Waals surface area contributed by atoms with E-state index in [2.05, 4.69) is 11.7 Å². The van der Waals surface area contributed by atoms with Gasteiger partial charge in [-0.05, 0) is 31.5 Å². The summed E-state index contributed by atoms with van der Waals surface area (Å²) in [6.07, 6.45) is -0.722. The molecule has 0 spiro atoms. The fourth-order valence-electron chi connectivity index (χ4n) is 0.888. The summed E-state index contributed by atoms with van der Waals surface area (Å²) >= 11 is 0. The number of aryl methyl sites for hydroxylation is 1.